The molecule has 1 aromatic rings. The van der Waals surface area contributed by atoms with Crippen molar-refractivity contribution in [1.82, 2.24) is 0 Å². The first-order chi connectivity index (χ1) is 9.24. The second kappa shape index (κ2) is 6.90. The molecule has 1 aliphatic carbocycles. The van der Waals surface area contributed by atoms with Crippen LogP contribution < -0.4 is 10.6 Å². The zero-order valence-electron chi connectivity index (χ0n) is 11.8. The van der Waals surface area contributed by atoms with Gasteiger partial charge in [0.25, 0.3) is 0 Å². The molecule has 0 bridgehead atoms. The summed E-state index contributed by atoms with van der Waals surface area (Å²) < 4.78 is 13.9. The Kier molecular flexibility index (Phi) is 5.20. The first-order valence-corrected chi connectivity index (χ1v) is 7.41. The van der Waals surface area contributed by atoms with Crippen molar-refractivity contribution in [3.63, 3.8) is 0 Å². The lowest BCUT2D eigenvalue weighted by molar-refractivity contribution is 0.367. The third-order valence-electron chi connectivity index (χ3n) is 4.42. The summed E-state index contributed by atoms with van der Waals surface area (Å²) in [5.74, 6) is 0.439. The van der Waals surface area contributed by atoms with Gasteiger partial charge < -0.3 is 10.6 Å². The highest BCUT2D eigenvalue weighted by Crippen LogP contribution is 2.30. The summed E-state index contributed by atoms with van der Waals surface area (Å²) in [5, 5.41) is 0. The predicted molar refractivity (Wildman–Crippen MR) is 78.8 cm³/mol. The Hall–Kier alpha value is -1.09. The number of halogens is 1. The van der Waals surface area contributed by atoms with Crippen molar-refractivity contribution < 1.29 is 4.39 Å². The van der Waals surface area contributed by atoms with Crippen LogP contribution in [0.5, 0.6) is 0 Å². The molecule has 0 amide bonds. The largest absolute Gasteiger partial charge is 0.368 e. The van der Waals surface area contributed by atoms with Gasteiger partial charge in [0, 0.05) is 19.6 Å². The van der Waals surface area contributed by atoms with E-state index in [9.17, 15) is 4.39 Å². The van der Waals surface area contributed by atoms with Crippen LogP contribution in [0.2, 0.25) is 0 Å². The lowest BCUT2D eigenvalue weighted by Crippen LogP contribution is -2.44. The molecule has 1 unspecified atom stereocenters. The number of nitrogens with two attached hydrogens (primary N) is 1. The van der Waals surface area contributed by atoms with E-state index < -0.39 is 0 Å². The molecule has 106 valence electrons. The number of likely N-dealkylation sites (N-methyl/N-ethyl adjacent to an activating group) is 1. The van der Waals surface area contributed by atoms with E-state index in [2.05, 4.69) is 0 Å². The predicted octanol–water partition coefficient (Wildman–Crippen LogP) is 3.56. The Bertz CT molecular complexity index is 386. The van der Waals surface area contributed by atoms with Gasteiger partial charge in [0.05, 0.1) is 5.69 Å². The number of para-hydroxylation sites is 1. The minimum Gasteiger partial charge on any atom is -0.368 e. The summed E-state index contributed by atoms with van der Waals surface area (Å²) in [6.45, 7) is 0.593. The quantitative estimate of drug-likeness (QED) is 0.843. The molecule has 2 N–H and O–H groups in total. The second-order valence-electron chi connectivity index (χ2n) is 5.62. The zero-order chi connectivity index (χ0) is 13.7. The molecule has 0 saturated heterocycles. The van der Waals surface area contributed by atoms with E-state index in [4.69, 9.17) is 5.73 Å². The summed E-state index contributed by atoms with van der Waals surface area (Å²) in [6, 6.07) is 7.22. The molecule has 1 aromatic carbocycles. The van der Waals surface area contributed by atoms with Crippen molar-refractivity contribution in [3.8, 4) is 0 Å². The molecule has 0 heterocycles. The number of nitrogens with zero attached hydrogens (tertiary/aromatic N) is 1. The van der Waals surface area contributed by atoms with Crippen molar-refractivity contribution in [2.45, 2.75) is 44.6 Å². The van der Waals surface area contributed by atoms with Crippen LogP contribution in [0.3, 0.4) is 0 Å². The van der Waals surface area contributed by atoms with Crippen LogP contribution in [-0.4, -0.2) is 19.6 Å². The fraction of sp³-hybridized carbons (Fsp3) is 0.625. The maximum absolute atomic E-state index is 13.9. The SMILES string of the molecule is CN(c1ccccc1F)C(CN)C1CCCCCC1. The smallest absolute Gasteiger partial charge is 0.146 e. The highest BCUT2D eigenvalue weighted by Gasteiger charge is 2.26. The fourth-order valence-corrected chi connectivity index (χ4v) is 3.28. The molecular weight excluding hydrogens is 239 g/mol. The van der Waals surface area contributed by atoms with Crippen molar-refractivity contribution in [1.29, 1.82) is 0 Å². The number of rotatable bonds is 4. The van der Waals surface area contributed by atoms with Gasteiger partial charge in [0.1, 0.15) is 5.82 Å². The number of hydrogen-bond acceptors (Lipinski definition) is 2. The normalized spacial score (nSPS) is 18.9. The van der Waals surface area contributed by atoms with Gasteiger partial charge in [-0.05, 0) is 30.9 Å². The Morgan fingerprint density at radius 3 is 2.42 bits per heavy atom. The molecule has 0 spiro atoms. The number of hydrogen-bond donors (Lipinski definition) is 1. The van der Waals surface area contributed by atoms with E-state index in [0.717, 1.165) is 0 Å². The van der Waals surface area contributed by atoms with Gasteiger partial charge in [0.15, 0.2) is 0 Å². The van der Waals surface area contributed by atoms with Crippen LogP contribution in [0.15, 0.2) is 24.3 Å². The summed E-state index contributed by atoms with van der Waals surface area (Å²) in [5.41, 5.74) is 6.65. The van der Waals surface area contributed by atoms with Crippen LogP contribution in [0, 0.1) is 11.7 Å². The Morgan fingerprint density at radius 2 is 1.84 bits per heavy atom. The Labute approximate surface area is 115 Å². The van der Waals surface area contributed by atoms with Gasteiger partial charge in [-0.3, -0.25) is 0 Å². The average molecular weight is 264 g/mol. The topological polar surface area (TPSA) is 29.3 Å². The second-order valence-corrected chi connectivity index (χ2v) is 5.62. The van der Waals surface area contributed by atoms with E-state index in [1.807, 2.05) is 24.1 Å². The van der Waals surface area contributed by atoms with Gasteiger partial charge in [0.2, 0.25) is 0 Å². The van der Waals surface area contributed by atoms with Crippen LogP contribution in [0.4, 0.5) is 10.1 Å². The van der Waals surface area contributed by atoms with Crippen LogP contribution >= 0.6 is 0 Å². The minimum atomic E-state index is -0.155. The molecule has 0 radical (unpaired) electrons. The van der Waals surface area contributed by atoms with E-state index in [0.29, 0.717) is 18.2 Å². The maximum atomic E-state index is 13.9. The molecule has 3 heteroatoms. The average Bonchev–Trinajstić information content (AvgIpc) is 2.69. The van der Waals surface area contributed by atoms with Gasteiger partial charge in [-0.1, -0.05) is 37.8 Å². The molecule has 1 fully saturated rings. The Balaban J connectivity index is 2.14. The lowest BCUT2D eigenvalue weighted by Gasteiger charge is -2.35. The molecule has 19 heavy (non-hydrogen) atoms. The number of benzene rings is 1. The van der Waals surface area contributed by atoms with E-state index in [1.54, 1.807) is 6.07 Å². The summed E-state index contributed by atoms with van der Waals surface area (Å²) in [6.07, 6.45) is 7.67. The molecule has 0 aromatic heterocycles. The molecular formula is C16H25FN2. The van der Waals surface area contributed by atoms with Crippen molar-refractivity contribution >= 4 is 5.69 Å². The minimum absolute atomic E-state index is 0.155. The molecule has 2 nitrogen and oxygen atoms in total. The van der Waals surface area contributed by atoms with Gasteiger partial charge >= 0.3 is 0 Å². The third-order valence-corrected chi connectivity index (χ3v) is 4.42. The van der Waals surface area contributed by atoms with Crippen LogP contribution in [0.25, 0.3) is 0 Å². The maximum Gasteiger partial charge on any atom is 0.146 e. The van der Waals surface area contributed by atoms with E-state index >= 15 is 0 Å². The number of anilines is 1. The summed E-state index contributed by atoms with van der Waals surface area (Å²) >= 11 is 0. The van der Waals surface area contributed by atoms with E-state index in [1.165, 1.54) is 44.6 Å². The first-order valence-electron chi connectivity index (χ1n) is 7.41. The van der Waals surface area contributed by atoms with Gasteiger partial charge in [-0.2, -0.15) is 0 Å². The van der Waals surface area contributed by atoms with Crippen molar-refractivity contribution in [2.24, 2.45) is 11.7 Å². The third kappa shape index (κ3) is 3.47. The Morgan fingerprint density at radius 1 is 1.21 bits per heavy atom. The lowest BCUT2D eigenvalue weighted by atomic mass is 9.90. The highest BCUT2D eigenvalue weighted by atomic mass is 19.1. The van der Waals surface area contributed by atoms with Gasteiger partial charge in [-0.15, -0.1) is 0 Å². The summed E-state index contributed by atoms with van der Waals surface area (Å²) in [7, 11) is 1.97. The monoisotopic (exact) mass is 264 g/mol. The van der Waals surface area contributed by atoms with Crippen LogP contribution in [0.1, 0.15) is 38.5 Å². The molecule has 1 aliphatic rings. The zero-order valence-corrected chi connectivity index (χ0v) is 11.8. The van der Waals surface area contributed by atoms with E-state index in [-0.39, 0.29) is 11.9 Å². The molecule has 1 atom stereocenters. The standard InChI is InChI=1S/C16H25FN2/c1-19(15-11-7-6-10-14(15)17)16(12-18)13-8-4-2-3-5-9-13/h6-7,10-11,13,16H,2-5,8-9,12,18H2,1H3. The fourth-order valence-electron chi connectivity index (χ4n) is 3.28. The molecule has 1 saturated carbocycles. The van der Waals surface area contributed by atoms with Crippen molar-refractivity contribution in [3.05, 3.63) is 30.1 Å². The van der Waals surface area contributed by atoms with Crippen LogP contribution in [-0.2, 0) is 0 Å². The molecule has 2 rings (SSSR count). The highest BCUT2D eigenvalue weighted by molar-refractivity contribution is 5.48. The van der Waals surface area contributed by atoms with Gasteiger partial charge in [-0.25, -0.2) is 4.39 Å². The molecule has 0 aliphatic heterocycles. The summed E-state index contributed by atoms with van der Waals surface area (Å²) in [4.78, 5) is 2.05. The first kappa shape index (κ1) is 14.3. The van der Waals surface area contributed by atoms with Crippen molar-refractivity contribution in [2.75, 3.05) is 18.5 Å².